The van der Waals surface area contributed by atoms with Crippen LogP contribution < -0.4 is 0 Å². The minimum Gasteiger partial charge on any atom is -0.472 e. The van der Waals surface area contributed by atoms with E-state index in [9.17, 15) is 33.9 Å². The molecular formula is C41H50O15. The molecule has 0 radical (unpaired) electrons. The van der Waals surface area contributed by atoms with Crippen molar-refractivity contribution in [3.8, 4) is 0 Å². The van der Waals surface area contributed by atoms with Crippen LogP contribution in [0.15, 0.2) is 57.5 Å². The van der Waals surface area contributed by atoms with Crippen molar-refractivity contribution in [2.45, 2.75) is 118 Å². The van der Waals surface area contributed by atoms with Crippen molar-refractivity contribution in [1.82, 2.24) is 0 Å². The standard InChI is InChI=1S/C41H50O15/c1-12-19(3)32(44)54-27-26-25-24(14-16-39(26,9)30(55-35(27)47)23-15-17-51-18-23)40(10)29(28(34(46)50-11)52-21(5)42)38(7,8)37(56-33(45)20(4)13-2)41(49,36(40)48)31(25)53-22(6)43/h12-13,15,17-18,24,27-31,37,49H,14,16H2,1-11H3/b19-12+,20-13+/t24-,27+,28+,29-,30-,31-,37-,39+,40+,41-/m0/s1. The van der Waals surface area contributed by atoms with E-state index in [4.69, 9.17) is 32.8 Å². The molecule has 0 spiro atoms. The molecule has 15 heteroatoms. The summed E-state index contributed by atoms with van der Waals surface area (Å²) in [6, 6.07) is 1.60. The van der Waals surface area contributed by atoms with Crippen LogP contribution in [0.3, 0.4) is 0 Å². The van der Waals surface area contributed by atoms with Crippen molar-refractivity contribution in [3.63, 3.8) is 0 Å². The van der Waals surface area contributed by atoms with Crippen LogP contribution in [-0.2, 0) is 62.0 Å². The number of Topliss-reactive ketones (excluding diaryl/α,β-unsaturated/α-hetero) is 1. The number of rotatable bonds is 9. The van der Waals surface area contributed by atoms with Crippen LogP contribution in [0.5, 0.6) is 0 Å². The summed E-state index contributed by atoms with van der Waals surface area (Å²) < 4.78 is 40.2. The van der Waals surface area contributed by atoms with Gasteiger partial charge in [-0.2, -0.15) is 0 Å². The molecule has 2 saturated carbocycles. The zero-order valence-electron chi connectivity index (χ0n) is 33.5. The smallest absolute Gasteiger partial charge is 0.352 e. The molecule has 5 rings (SSSR count). The molecular weight excluding hydrogens is 732 g/mol. The van der Waals surface area contributed by atoms with Gasteiger partial charge < -0.3 is 37.9 Å². The molecule has 2 bridgehead atoms. The highest BCUT2D eigenvalue weighted by Crippen LogP contribution is 2.70. The largest absolute Gasteiger partial charge is 0.472 e. The quantitative estimate of drug-likeness (QED) is 0.160. The Morgan fingerprint density at radius 3 is 2.04 bits per heavy atom. The van der Waals surface area contributed by atoms with Gasteiger partial charge in [-0.1, -0.05) is 39.8 Å². The number of fused-ring (bicyclic) bond motifs is 5. The summed E-state index contributed by atoms with van der Waals surface area (Å²) in [4.78, 5) is 96.6. The molecule has 1 aromatic heterocycles. The summed E-state index contributed by atoms with van der Waals surface area (Å²) in [6.07, 6.45) is -2.50. The van der Waals surface area contributed by atoms with Gasteiger partial charge in [0, 0.05) is 52.7 Å². The molecule has 1 saturated heterocycles. The SMILES string of the molecule is C/C=C(\C)C(=O)O[C@H]1C(=O)O[C@@H](c2ccoc2)[C@]2(C)CC[C@H]3C(=C12)[C@H](OC(C)=O)[C@]1(O)C(=O)[C@@]3(C)[C@@H]([C@@H](OC(C)=O)C(=O)OC)C(C)(C)[C@@H]1OC(=O)/C(C)=C/C. The Kier molecular flexibility index (Phi) is 11.1. The van der Waals surface area contributed by atoms with Gasteiger partial charge in [0.25, 0.3) is 0 Å². The number of hydrogen-bond acceptors (Lipinski definition) is 15. The van der Waals surface area contributed by atoms with E-state index in [1.807, 2.05) is 0 Å². The van der Waals surface area contributed by atoms with Gasteiger partial charge in [0.05, 0.1) is 19.6 Å². The Morgan fingerprint density at radius 2 is 1.52 bits per heavy atom. The lowest BCUT2D eigenvalue weighted by molar-refractivity contribution is -0.267. The highest BCUT2D eigenvalue weighted by molar-refractivity contribution is 6.00. The Balaban J connectivity index is 1.97. The topological polar surface area (TPSA) is 208 Å². The van der Waals surface area contributed by atoms with Crippen LogP contribution in [0.25, 0.3) is 0 Å². The number of allylic oxidation sites excluding steroid dienone is 2. The zero-order valence-corrected chi connectivity index (χ0v) is 33.5. The first-order chi connectivity index (χ1) is 26.1. The van der Waals surface area contributed by atoms with Gasteiger partial charge in [0.1, 0.15) is 12.2 Å². The molecule has 4 aliphatic rings. The number of furan rings is 1. The lowest BCUT2D eigenvalue weighted by Gasteiger charge is -2.67. The molecule has 2 heterocycles. The number of methoxy groups -OCH3 is 1. The van der Waals surface area contributed by atoms with Crippen LogP contribution in [0, 0.1) is 28.1 Å². The molecule has 304 valence electrons. The maximum atomic E-state index is 15.5. The van der Waals surface area contributed by atoms with Crippen LogP contribution >= 0.6 is 0 Å². The second-order valence-corrected chi connectivity index (χ2v) is 16.0. The van der Waals surface area contributed by atoms with Crippen LogP contribution in [0.2, 0.25) is 0 Å². The maximum absolute atomic E-state index is 15.5. The van der Waals surface area contributed by atoms with Gasteiger partial charge in [-0.25, -0.2) is 19.2 Å². The van der Waals surface area contributed by atoms with Gasteiger partial charge in [-0.15, -0.1) is 0 Å². The molecule has 3 aliphatic carbocycles. The fraction of sp³-hybridized carbons (Fsp3) is 0.585. The first-order valence-electron chi connectivity index (χ1n) is 18.4. The van der Waals surface area contributed by atoms with Crippen molar-refractivity contribution in [3.05, 3.63) is 58.6 Å². The summed E-state index contributed by atoms with van der Waals surface area (Å²) in [5, 5.41) is 13.3. The summed E-state index contributed by atoms with van der Waals surface area (Å²) >= 11 is 0. The van der Waals surface area contributed by atoms with Crippen molar-refractivity contribution < 1.29 is 71.5 Å². The fourth-order valence-corrected chi connectivity index (χ4v) is 9.83. The lowest BCUT2D eigenvalue weighted by atomic mass is 9.38. The Morgan fingerprint density at radius 1 is 0.911 bits per heavy atom. The average molecular weight is 783 g/mol. The zero-order chi connectivity index (χ0) is 41.9. The Bertz CT molecular complexity index is 1930. The molecule has 3 fully saturated rings. The molecule has 0 aromatic carbocycles. The summed E-state index contributed by atoms with van der Waals surface area (Å²) in [6.45, 7) is 14.6. The first-order valence-corrected chi connectivity index (χ1v) is 18.4. The van der Waals surface area contributed by atoms with Crippen molar-refractivity contribution in [1.29, 1.82) is 0 Å². The third kappa shape index (κ3) is 6.27. The van der Waals surface area contributed by atoms with E-state index in [0.29, 0.717) is 5.56 Å². The predicted molar refractivity (Wildman–Crippen MR) is 192 cm³/mol. The molecule has 10 atom stereocenters. The summed E-state index contributed by atoms with van der Waals surface area (Å²) in [5.74, 6) is -9.11. The number of hydrogen-bond donors (Lipinski definition) is 1. The molecule has 15 nitrogen and oxygen atoms in total. The first kappa shape index (κ1) is 42.1. The van der Waals surface area contributed by atoms with Crippen molar-refractivity contribution in [2.75, 3.05) is 7.11 Å². The van der Waals surface area contributed by atoms with Gasteiger partial charge >= 0.3 is 35.8 Å². The number of carbonyl (C=O) groups is 7. The molecule has 56 heavy (non-hydrogen) atoms. The predicted octanol–water partition coefficient (Wildman–Crippen LogP) is 4.36. The number of esters is 6. The molecule has 0 unspecified atom stereocenters. The van der Waals surface area contributed by atoms with Crippen molar-refractivity contribution in [2.24, 2.45) is 28.1 Å². The normalized spacial score (nSPS) is 34.2. The van der Waals surface area contributed by atoms with E-state index in [-0.39, 0.29) is 35.1 Å². The average Bonchev–Trinajstić information content (AvgIpc) is 3.68. The maximum Gasteiger partial charge on any atom is 0.352 e. The Hall–Kier alpha value is -5.05. The van der Waals surface area contributed by atoms with E-state index >= 15 is 4.79 Å². The van der Waals surface area contributed by atoms with E-state index in [2.05, 4.69) is 0 Å². The third-order valence-corrected chi connectivity index (χ3v) is 12.4. The van der Waals surface area contributed by atoms with Gasteiger partial charge in [0.15, 0.2) is 11.9 Å². The monoisotopic (exact) mass is 782 g/mol. The van der Waals surface area contributed by atoms with Gasteiger partial charge in [-0.3, -0.25) is 14.4 Å². The highest BCUT2D eigenvalue weighted by atomic mass is 16.6. The molecule has 1 aliphatic heterocycles. The van der Waals surface area contributed by atoms with Crippen LogP contribution in [0.1, 0.15) is 93.7 Å². The Labute approximate surface area is 324 Å². The number of carbonyl (C=O) groups excluding carboxylic acids is 7. The third-order valence-electron chi connectivity index (χ3n) is 12.4. The van der Waals surface area contributed by atoms with Crippen LogP contribution in [0.4, 0.5) is 0 Å². The number of aliphatic hydroxyl groups is 1. The lowest BCUT2D eigenvalue weighted by Crippen LogP contribution is -2.81. The highest BCUT2D eigenvalue weighted by Gasteiger charge is 2.80. The van der Waals surface area contributed by atoms with E-state index in [0.717, 1.165) is 21.0 Å². The van der Waals surface area contributed by atoms with Gasteiger partial charge in [-0.05, 0) is 63.7 Å². The van der Waals surface area contributed by atoms with Crippen LogP contribution in [-0.4, -0.2) is 83.8 Å². The molecule has 1 N–H and O–H groups in total. The second kappa shape index (κ2) is 14.8. The number of ether oxygens (including phenoxy) is 6. The van der Waals surface area contributed by atoms with E-state index < -0.39 is 106 Å². The molecule has 1 aromatic rings. The summed E-state index contributed by atoms with van der Waals surface area (Å²) in [7, 11) is 1.08. The van der Waals surface area contributed by atoms with Gasteiger partial charge in [0.2, 0.25) is 17.8 Å². The van der Waals surface area contributed by atoms with E-state index in [1.165, 1.54) is 45.4 Å². The minimum absolute atomic E-state index is 0.0374. The fourth-order valence-electron chi connectivity index (χ4n) is 9.83. The number of ketones is 1. The van der Waals surface area contributed by atoms with E-state index in [1.54, 1.807) is 40.7 Å². The van der Waals surface area contributed by atoms with Crippen molar-refractivity contribution >= 4 is 41.6 Å². The molecule has 0 amide bonds. The summed E-state index contributed by atoms with van der Waals surface area (Å²) in [5.41, 5.74) is -6.89. The second-order valence-electron chi connectivity index (χ2n) is 16.0. The minimum atomic E-state index is -2.90. The number of cyclic esters (lactones) is 1.